The molecule has 0 aliphatic heterocycles. The smallest absolute Gasteiger partial charge is 0.337 e. The molecule has 0 fully saturated rings. The van der Waals surface area contributed by atoms with Gasteiger partial charge in [-0.3, -0.25) is 4.98 Å². The molecule has 0 radical (unpaired) electrons. The lowest BCUT2D eigenvalue weighted by molar-refractivity contribution is 0.0694. The second-order valence-corrected chi connectivity index (χ2v) is 8.32. The molecule has 2 aromatic heterocycles. The highest BCUT2D eigenvalue weighted by Crippen LogP contribution is 2.42. The number of hydrogen-bond donors (Lipinski definition) is 1. The van der Waals surface area contributed by atoms with Crippen LogP contribution in [0.2, 0.25) is 10.0 Å². The van der Waals surface area contributed by atoms with Crippen LogP contribution >= 0.6 is 35.0 Å². The Morgan fingerprint density at radius 3 is 2.26 bits per heavy atom. The Bertz CT molecular complexity index is 981. The molecular formula is C20H18Cl2N2O2S. The Hall–Kier alpha value is -1.95. The van der Waals surface area contributed by atoms with Crippen LogP contribution in [0.3, 0.4) is 0 Å². The lowest BCUT2D eigenvalue weighted by Crippen LogP contribution is -2.03. The average molecular weight is 421 g/mol. The van der Waals surface area contributed by atoms with Gasteiger partial charge in [-0.25, -0.2) is 4.79 Å². The summed E-state index contributed by atoms with van der Waals surface area (Å²) in [6, 6.07) is 9.03. The Kier molecular flexibility index (Phi) is 5.84. The summed E-state index contributed by atoms with van der Waals surface area (Å²) in [5.41, 5.74) is 2.65. The zero-order valence-electron chi connectivity index (χ0n) is 15.0. The first-order chi connectivity index (χ1) is 12.8. The number of benzene rings is 1. The van der Waals surface area contributed by atoms with Crippen LogP contribution in [-0.2, 0) is 0 Å². The molecule has 3 rings (SSSR count). The fraction of sp³-hybridized carbons (Fsp3) is 0.200. The maximum Gasteiger partial charge on any atom is 0.337 e. The number of aromatic nitrogens is 2. The van der Waals surface area contributed by atoms with E-state index in [0.717, 1.165) is 21.2 Å². The highest BCUT2D eigenvalue weighted by atomic mass is 35.5. The fourth-order valence-electron chi connectivity index (χ4n) is 3.10. The lowest BCUT2D eigenvalue weighted by Gasteiger charge is -2.14. The van der Waals surface area contributed by atoms with Crippen LogP contribution in [-0.4, -0.2) is 20.6 Å². The van der Waals surface area contributed by atoms with E-state index in [1.807, 2.05) is 49.6 Å². The van der Waals surface area contributed by atoms with E-state index in [1.165, 1.54) is 11.8 Å². The number of carbonyl (C=O) groups is 1. The Morgan fingerprint density at radius 2 is 1.74 bits per heavy atom. The van der Waals surface area contributed by atoms with Gasteiger partial charge in [0.05, 0.1) is 10.6 Å². The summed E-state index contributed by atoms with van der Waals surface area (Å²) in [6.07, 6.45) is 3.38. The first-order valence-corrected chi connectivity index (χ1v) is 9.89. The third-order valence-corrected chi connectivity index (χ3v) is 5.67. The number of carboxylic acid groups (broad SMARTS) is 1. The number of rotatable bonds is 5. The molecule has 0 aliphatic carbocycles. The fourth-order valence-corrected chi connectivity index (χ4v) is 5.13. The van der Waals surface area contributed by atoms with E-state index in [0.29, 0.717) is 21.3 Å². The van der Waals surface area contributed by atoms with Crippen LogP contribution in [0.25, 0.3) is 5.69 Å². The molecule has 4 nitrogen and oxygen atoms in total. The largest absolute Gasteiger partial charge is 0.478 e. The van der Waals surface area contributed by atoms with Gasteiger partial charge in [-0.1, -0.05) is 48.8 Å². The van der Waals surface area contributed by atoms with Crippen molar-refractivity contribution in [2.45, 2.75) is 36.6 Å². The average Bonchev–Trinajstić information content (AvgIpc) is 2.87. The number of aromatic carboxylic acids is 1. The van der Waals surface area contributed by atoms with E-state index in [9.17, 15) is 9.90 Å². The van der Waals surface area contributed by atoms with Gasteiger partial charge in [0.2, 0.25) is 0 Å². The van der Waals surface area contributed by atoms with Gasteiger partial charge in [0.25, 0.3) is 0 Å². The van der Waals surface area contributed by atoms with Crippen molar-refractivity contribution in [3.05, 3.63) is 69.6 Å². The van der Waals surface area contributed by atoms with E-state index in [1.54, 1.807) is 18.5 Å². The predicted molar refractivity (Wildman–Crippen MR) is 110 cm³/mol. The second kappa shape index (κ2) is 7.97. The standard InChI is InChI=1S/C20H18Cl2N2O2S/c1-11(2)17-18(20(25)26)12(3)24(15-4-6-23-7-5-15)19(17)27-16-9-13(21)8-14(22)10-16/h4-11H,1-3H3,(H,25,26). The Morgan fingerprint density at radius 1 is 1.15 bits per heavy atom. The molecule has 140 valence electrons. The third-order valence-electron chi connectivity index (χ3n) is 4.16. The molecule has 0 saturated carbocycles. The van der Waals surface area contributed by atoms with E-state index in [4.69, 9.17) is 23.2 Å². The quantitative estimate of drug-likeness (QED) is 0.514. The van der Waals surface area contributed by atoms with Gasteiger partial charge in [0.15, 0.2) is 0 Å². The first-order valence-electron chi connectivity index (χ1n) is 8.32. The molecule has 7 heteroatoms. The molecule has 0 spiro atoms. The molecule has 0 saturated heterocycles. The number of nitrogens with zero attached hydrogens (tertiary/aromatic N) is 2. The normalized spacial score (nSPS) is 11.2. The number of hydrogen-bond acceptors (Lipinski definition) is 3. The zero-order chi connectivity index (χ0) is 19.7. The second-order valence-electron chi connectivity index (χ2n) is 6.39. The summed E-state index contributed by atoms with van der Waals surface area (Å²) < 4.78 is 1.96. The molecule has 0 bridgehead atoms. The van der Waals surface area contributed by atoms with Crippen molar-refractivity contribution in [2.24, 2.45) is 0 Å². The Labute approximate surface area is 172 Å². The number of pyridine rings is 1. The summed E-state index contributed by atoms with van der Waals surface area (Å²) in [5.74, 6) is -0.912. The van der Waals surface area contributed by atoms with E-state index < -0.39 is 5.97 Å². The molecular weight excluding hydrogens is 403 g/mol. The Balaban J connectivity index is 2.29. The SMILES string of the molecule is Cc1c(C(=O)O)c(C(C)C)c(Sc2cc(Cl)cc(Cl)c2)n1-c1ccncc1. The van der Waals surface area contributed by atoms with Crippen molar-refractivity contribution in [1.29, 1.82) is 0 Å². The van der Waals surface area contributed by atoms with Crippen LogP contribution in [0.15, 0.2) is 52.6 Å². The predicted octanol–water partition coefficient (Wildman–Crippen LogP) is 6.46. The zero-order valence-corrected chi connectivity index (χ0v) is 17.4. The van der Waals surface area contributed by atoms with Gasteiger partial charge in [-0.05, 0) is 43.2 Å². The molecule has 0 unspecified atom stereocenters. The van der Waals surface area contributed by atoms with Gasteiger partial charge >= 0.3 is 5.97 Å². The van der Waals surface area contributed by atoms with Crippen molar-refractivity contribution in [2.75, 3.05) is 0 Å². The van der Waals surface area contributed by atoms with Crippen molar-refractivity contribution in [3.63, 3.8) is 0 Å². The van der Waals surface area contributed by atoms with Gasteiger partial charge in [-0.2, -0.15) is 0 Å². The monoisotopic (exact) mass is 420 g/mol. The minimum absolute atomic E-state index is 0.0232. The van der Waals surface area contributed by atoms with Crippen molar-refractivity contribution in [3.8, 4) is 5.69 Å². The minimum Gasteiger partial charge on any atom is -0.478 e. The molecule has 0 atom stereocenters. The van der Waals surface area contributed by atoms with Crippen LogP contribution < -0.4 is 0 Å². The summed E-state index contributed by atoms with van der Waals surface area (Å²) in [6.45, 7) is 5.81. The molecule has 2 heterocycles. The molecule has 0 amide bonds. The van der Waals surface area contributed by atoms with Gasteiger partial charge in [0.1, 0.15) is 0 Å². The highest BCUT2D eigenvalue weighted by molar-refractivity contribution is 7.99. The van der Waals surface area contributed by atoms with Crippen LogP contribution in [0.4, 0.5) is 0 Å². The van der Waals surface area contributed by atoms with Gasteiger partial charge < -0.3 is 9.67 Å². The van der Waals surface area contributed by atoms with Gasteiger partial charge in [-0.15, -0.1) is 0 Å². The van der Waals surface area contributed by atoms with Crippen molar-refractivity contribution < 1.29 is 9.90 Å². The lowest BCUT2D eigenvalue weighted by atomic mass is 10.0. The third kappa shape index (κ3) is 4.00. The van der Waals surface area contributed by atoms with E-state index >= 15 is 0 Å². The highest BCUT2D eigenvalue weighted by Gasteiger charge is 2.28. The minimum atomic E-state index is -0.935. The molecule has 1 N–H and O–H groups in total. The van der Waals surface area contributed by atoms with E-state index in [-0.39, 0.29) is 5.92 Å². The van der Waals surface area contributed by atoms with E-state index in [2.05, 4.69) is 4.98 Å². The van der Waals surface area contributed by atoms with Crippen LogP contribution in [0, 0.1) is 6.92 Å². The summed E-state index contributed by atoms with van der Waals surface area (Å²) in [4.78, 5) is 16.9. The summed E-state index contributed by atoms with van der Waals surface area (Å²) >= 11 is 13.8. The number of halogens is 2. The van der Waals surface area contributed by atoms with Gasteiger partial charge in [0, 0.05) is 44.3 Å². The summed E-state index contributed by atoms with van der Waals surface area (Å²) in [7, 11) is 0. The maximum absolute atomic E-state index is 12.0. The van der Waals surface area contributed by atoms with Crippen molar-refractivity contribution >= 4 is 40.9 Å². The molecule has 0 aliphatic rings. The first kappa shape index (κ1) is 19.8. The summed E-state index contributed by atoms with van der Waals surface area (Å²) in [5, 5.41) is 11.8. The topological polar surface area (TPSA) is 55.1 Å². The van der Waals surface area contributed by atoms with Crippen LogP contribution in [0.1, 0.15) is 41.4 Å². The molecule has 1 aromatic carbocycles. The van der Waals surface area contributed by atoms with Crippen LogP contribution in [0.5, 0.6) is 0 Å². The molecule has 27 heavy (non-hydrogen) atoms. The maximum atomic E-state index is 12.0. The van der Waals surface area contributed by atoms with Crippen molar-refractivity contribution in [1.82, 2.24) is 9.55 Å². The molecule has 3 aromatic rings. The number of carboxylic acids is 1.